The minimum absolute atomic E-state index is 0.0860. The third-order valence-electron chi connectivity index (χ3n) is 22.3. The van der Waals surface area contributed by atoms with Gasteiger partial charge in [0.25, 0.3) is 0 Å². The summed E-state index contributed by atoms with van der Waals surface area (Å²) in [4.78, 5) is 9.74. The van der Waals surface area contributed by atoms with E-state index in [1.807, 2.05) is 72.8 Å². The highest BCUT2D eigenvalue weighted by molar-refractivity contribution is 7.99. The average Bonchev–Trinajstić information content (AvgIpc) is 1.54. The summed E-state index contributed by atoms with van der Waals surface area (Å²) in [6.45, 7) is 7.97. The standard InChI is InChI=1S/C102H80N2O2S2/c1-3-71-33-59-89(60-34-71)107-91-63-45-77(46-64-91)101(75-41-55-87(56-42-75)105-85-25-13-7-14-26-85)97-31-19-17-29-93(97)95-67-53-83(69-99(95)101)103(79-21-9-5-10-22-79)81-49-37-73(38-50-81)74-39-51-82(52-40-74)104(80-23-11-6-12-24-80)84-54-68-96-94-30-18-20-32-98(94)102(100(96)70-84,76-43-57-88(58-44-76)106-86-27-15-8-16-28-86)78-47-65-92(66-48-78)108-90-61-35-72(4-2)36-62-90/h3-17,19-29,31-41,43,45-52,54-57,59-66,68-70,75H,1-2,18,30,42,44,53,58,67H2/t75?,101-,102?/m1/s1. The Bertz CT molecular complexity index is 5640. The van der Waals surface area contributed by atoms with Crippen molar-refractivity contribution in [3.8, 4) is 22.6 Å². The molecule has 0 spiro atoms. The average molecular weight is 1430 g/mol. The van der Waals surface area contributed by atoms with Crippen LogP contribution in [0.1, 0.15) is 89.5 Å². The summed E-state index contributed by atoms with van der Waals surface area (Å²) in [6.07, 6.45) is 28.9. The van der Waals surface area contributed by atoms with E-state index in [9.17, 15) is 0 Å². The number of ether oxygens (including phenoxy) is 2. The first-order valence-corrected chi connectivity index (χ1v) is 39.3. The predicted molar refractivity (Wildman–Crippen MR) is 452 cm³/mol. The normalized spacial score (nSPS) is 18.1. The van der Waals surface area contributed by atoms with Crippen LogP contribution in [0.25, 0.3) is 34.4 Å². The summed E-state index contributed by atoms with van der Waals surface area (Å²) < 4.78 is 13.1. The molecule has 0 aromatic heterocycles. The molecule has 3 atom stereocenters. The van der Waals surface area contributed by atoms with Gasteiger partial charge in [-0.05, 0) is 280 Å². The Labute approximate surface area is 643 Å². The molecule has 108 heavy (non-hydrogen) atoms. The molecule has 4 nitrogen and oxygen atoms in total. The van der Waals surface area contributed by atoms with Crippen LogP contribution in [-0.2, 0) is 10.8 Å². The molecule has 6 heteroatoms. The van der Waals surface area contributed by atoms with Crippen LogP contribution >= 0.6 is 23.5 Å². The van der Waals surface area contributed by atoms with Crippen molar-refractivity contribution in [3.63, 3.8) is 0 Å². The van der Waals surface area contributed by atoms with Crippen molar-refractivity contribution >= 4 is 75.3 Å². The zero-order valence-electron chi connectivity index (χ0n) is 60.2. The first kappa shape index (κ1) is 67.8. The minimum atomic E-state index is -0.558. The van der Waals surface area contributed by atoms with E-state index in [1.165, 1.54) is 86.5 Å². The molecule has 6 aliphatic rings. The quantitative estimate of drug-likeness (QED) is 0.0711. The number of anilines is 5. The Kier molecular flexibility index (Phi) is 18.6. The Morgan fingerprint density at radius 1 is 0.407 bits per heavy atom. The van der Waals surface area contributed by atoms with Gasteiger partial charge in [-0.1, -0.05) is 255 Å². The van der Waals surface area contributed by atoms with Crippen LogP contribution in [0.5, 0.6) is 11.5 Å². The summed E-state index contributed by atoms with van der Waals surface area (Å²) in [5.41, 5.74) is 25.1. The first-order chi connectivity index (χ1) is 53.4. The van der Waals surface area contributed by atoms with E-state index in [0.717, 1.165) is 119 Å². The van der Waals surface area contributed by atoms with Crippen LogP contribution in [0, 0.1) is 5.92 Å². The molecule has 2 unspecified atom stereocenters. The number of allylic oxidation sites excluding steroid dienone is 15. The molecular weight excluding hydrogens is 1350 g/mol. The number of benzene rings is 12. The molecule has 18 rings (SSSR count). The van der Waals surface area contributed by atoms with E-state index >= 15 is 0 Å². The van der Waals surface area contributed by atoms with Gasteiger partial charge in [0.15, 0.2) is 0 Å². The van der Waals surface area contributed by atoms with E-state index in [2.05, 4.69) is 320 Å². The predicted octanol–water partition coefficient (Wildman–Crippen LogP) is 27.6. The lowest BCUT2D eigenvalue weighted by Crippen LogP contribution is -2.37. The maximum atomic E-state index is 6.55. The molecule has 0 N–H and O–H groups in total. The largest absolute Gasteiger partial charge is 0.462 e. The lowest BCUT2D eigenvalue weighted by Gasteiger charge is -2.42. The number of hydrogen-bond acceptors (Lipinski definition) is 6. The Balaban J connectivity index is 0.691. The summed E-state index contributed by atoms with van der Waals surface area (Å²) in [6, 6.07) is 113. The lowest BCUT2D eigenvalue weighted by atomic mass is 9.61. The highest BCUT2D eigenvalue weighted by Gasteiger charge is 2.52. The van der Waals surface area contributed by atoms with Gasteiger partial charge in [-0.2, -0.15) is 0 Å². The van der Waals surface area contributed by atoms with Gasteiger partial charge >= 0.3 is 0 Å². The Hall–Kier alpha value is -12.1. The molecule has 0 heterocycles. The minimum Gasteiger partial charge on any atom is -0.462 e. The lowest BCUT2D eigenvalue weighted by molar-refractivity contribution is 0.398. The molecule has 0 radical (unpaired) electrons. The summed E-state index contributed by atoms with van der Waals surface area (Å²) in [7, 11) is 0. The van der Waals surface area contributed by atoms with E-state index in [1.54, 1.807) is 23.5 Å². The number of nitrogens with zero attached hydrogens (tertiary/aromatic N) is 2. The van der Waals surface area contributed by atoms with Crippen molar-refractivity contribution in [2.24, 2.45) is 5.92 Å². The fraction of sp³-hybridized carbons (Fsp3) is 0.0980. The molecule has 0 saturated heterocycles. The zero-order chi connectivity index (χ0) is 72.4. The molecular formula is C102H80N2O2S2. The Morgan fingerprint density at radius 2 is 0.917 bits per heavy atom. The third kappa shape index (κ3) is 12.8. The maximum Gasteiger partial charge on any atom is 0.127 e. The number of rotatable bonds is 21. The molecule has 0 amide bonds. The zero-order valence-corrected chi connectivity index (χ0v) is 61.8. The fourth-order valence-corrected chi connectivity index (χ4v) is 19.0. The van der Waals surface area contributed by atoms with Crippen molar-refractivity contribution in [1.29, 1.82) is 0 Å². The van der Waals surface area contributed by atoms with Crippen LogP contribution < -0.4 is 19.3 Å². The Morgan fingerprint density at radius 3 is 1.49 bits per heavy atom. The second kappa shape index (κ2) is 29.7. The van der Waals surface area contributed by atoms with Gasteiger partial charge in [-0.15, -0.1) is 0 Å². The van der Waals surface area contributed by atoms with Gasteiger partial charge in [0.2, 0.25) is 0 Å². The van der Waals surface area contributed by atoms with Crippen molar-refractivity contribution in [2.75, 3.05) is 9.80 Å². The van der Waals surface area contributed by atoms with Crippen molar-refractivity contribution < 1.29 is 9.47 Å². The number of hydrogen-bond donors (Lipinski definition) is 0. The molecule has 12 aromatic carbocycles. The molecule has 0 aliphatic heterocycles. The molecule has 12 aromatic rings. The first-order valence-electron chi connectivity index (χ1n) is 37.6. The summed E-state index contributed by atoms with van der Waals surface area (Å²) in [5.74, 6) is 3.62. The van der Waals surface area contributed by atoms with Crippen molar-refractivity contribution in [1.82, 2.24) is 0 Å². The van der Waals surface area contributed by atoms with Gasteiger partial charge in [0.05, 0.1) is 10.8 Å². The third-order valence-corrected chi connectivity index (χ3v) is 24.4. The monoisotopic (exact) mass is 1430 g/mol. The van der Waals surface area contributed by atoms with Gasteiger partial charge in [-0.25, -0.2) is 0 Å². The summed E-state index contributed by atoms with van der Waals surface area (Å²) >= 11 is 3.59. The number of para-hydroxylation sites is 4. The molecule has 6 aliphatic carbocycles. The van der Waals surface area contributed by atoms with E-state index in [-0.39, 0.29) is 5.92 Å². The summed E-state index contributed by atoms with van der Waals surface area (Å²) in [5, 5.41) is 0. The van der Waals surface area contributed by atoms with Crippen LogP contribution in [-0.4, -0.2) is 0 Å². The van der Waals surface area contributed by atoms with E-state index in [0.29, 0.717) is 0 Å². The van der Waals surface area contributed by atoms with E-state index < -0.39 is 10.8 Å². The van der Waals surface area contributed by atoms with E-state index in [4.69, 9.17) is 9.47 Å². The highest BCUT2D eigenvalue weighted by Crippen LogP contribution is 2.62. The van der Waals surface area contributed by atoms with Crippen LogP contribution in [0.2, 0.25) is 0 Å². The van der Waals surface area contributed by atoms with Gasteiger partial charge in [0.1, 0.15) is 23.0 Å². The van der Waals surface area contributed by atoms with Gasteiger partial charge < -0.3 is 19.3 Å². The number of fused-ring (bicyclic) bond motifs is 4. The van der Waals surface area contributed by atoms with Crippen molar-refractivity contribution in [3.05, 3.63) is 450 Å². The molecule has 0 saturated carbocycles. The van der Waals surface area contributed by atoms with Crippen LogP contribution in [0.15, 0.2) is 425 Å². The topological polar surface area (TPSA) is 24.9 Å². The molecule has 522 valence electrons. The fourth-order valence-electron chi connectivity index (χ4n) is 17.3. The van der Waals surface area contributed by atoms with Gasteiger partial charge in [-0.3, -0.25) is 0 Å². The second-order valence-electron chi connectivity index (χ2n) is 28.4. The van der Waals surface area contributed by atoms with Gasteiger partial charge in [0, 0.05) is 60.1 Å². The molecule has 0 fully saturated rings. The smallest absolute Gasteiger partial charge is 0.127 e. The SMILES string of the molecule is C=Cc1ccc(Sc2ccc(C3(C4=CC=C(Oc5ccccc5)CC4)C4=C(CCC=C4)c4ccc(N(c5ccccc5)c5ccc(-c6ccc(N(C7=CC8=C(CC7)c7ccccc7[C@]8(c7ccc(Sc8ccc(C=C)cc8)cc7)C7C=CC(Oc8ccccc8)=CC7)c7ccccc7)cc6)cc5)cc43)cc2)cc1. The highest BCUT2D eigenvalue weighted by atomic mass is 32.2. The van der Waals surface area contributed by atoms with Crippen LogP contribution in [0.4, 0.5) is 28.4 Å². The maximum absolute atomic E-state index is 6.55. The molecule has 0 bridgehead atoms. The van der Waals surface area contributed by atoms with Crippen LogP contribution in [0.3, 0.4) is 0 Å². The second-order valence-corrected chi connectivity index (χ2v) is 30.7. The van der Waals surface area contributed by atoms with Crippen molar-refractivity contribution in [2.45, 2.75) is 75.4 Å².